The van der Waals surface area contributed by atoms with Crippen LogP contribution in [0.2, 0.25) is 0 Å². The number of hydrogen-bond donors (Lipinski definition) is 2. The van der Waals surface area contributed by atoms with Crippen molar-refractivity contribution in [2.45, 2.75) is 78.3 Å². The SMILES string of the molecule is Cc1nn(C(C)(C)C)c2nc(C(C)C)cc(C(=O)NCCC3CCC(=O)N3)c12. The quantitative estimate of drug-likeness (QED) is 0.828. The summed E-state index contributed by atoms with van der Waals surface area (Å²) in [6.45, 7) is 12.8. The summed E-state index contributed by atoms with van der Waals surface area (Å²) in [5.41, 5.74) is 2.83. The summed E-state index contributed by atoms with van der Waals surface area (Å²) in [7, 11) is 0. The molecule has 28 heavy (non-hydrogen) atoms. The predicted octanol–water partition coefficient (Wildman–Crippen LogP) is 3.02. The molecule has 2 aromatic rings. The van der Waals surface area contributed by atoms with Crippen molar-refractivity contribution in [3.63, 3.8) is 0 Å². The minimum absolute atomic E-state index is 0.0963. The zero-order valence-corrected chi connectivity index (χ0v) is 17.7. The van der Waals surface area contributed by atoms with E-state index in [1.165, 1.54) is 0 Å². The number of carbonyl (C=O) groups excluding carboxylic acids is 2. The number of amides is 2. The number of rotatable bonds is 5. The Kier molecular flexibility index (Phi) is 5.46. The van der Waals surface area contributed by atoms with Crippen LogP contribution < -0.4 is 10.6 Å². The fourth-order valence-electron chi connectivity index (χ4n) is 3.60. The van der Waals surface area contributed by atoms with Crippen LogP contribution in [0.4, 0.5) is 0 Å². The van der Waals surface area contributed by atoms with Gasteiger partial charge < -0.3 is 10.6 Å². The van der Waals surface area contributed by atoms with Gasteiger partial charge in [0.25, 0.3) is 5.91 Å². The normalized spacial score (nSPS) is 17.4. The van der Waals surface area contributed by atoms with Crippen molar-refractivity contribution in [1.29, 1.82) is 0 Å². The Morgan fingerprint density at radius 3 is 2.68 bits per heavy atom. The third-order valence-corrected chi connectivity index (χ3v) is 5.17. The maximum absolute atomic E-state index is 13.0. The van der Waals surface area contributed by atoms with E-state index in [1.54, 1.807) is 0 Å². The van der Waals surface area contributed by atoms with E-state index in [4.69, 9.17) is 4.98 Å². The molecule has 2 aromatic heterocycles. The van der Waals surface area contributed by atoms with Gasteiger partial charge in [0.15, 0.2) is 5.65 Å². The van der Waals surface area contributed by atoms with Gasteiger partial charge in [0, 0.05) is 24.7 Å². The maximum Gasteiger partial charge on any atom is 0.252 e. The number of aromatic nitrogens is 3. The first-order valence-electron chi connectivity index (χ1n) is 10.1. The first-order chi connectivity index (χ1) is 13.1. The first-order valence-corrected chi connectivity index (χ1v) is 10.1. The number of fused-ring (bicyclic) bond motifs is 1. The van der Waals surface area contributed by atoms with Crippen LogP contribution in [0.5, 0.6) is 0 Å². The third kappa shape index (κ3) is 4.03. The maximum atomic E-state index is 13.0. The number of carbonyl (C=O) groups is 2. The van der Waals surface area contributed by atoms with Gasteiger partial charge in [0.05, 0.1) is 22.2 Å². The summed E-state index contributed by atoms with van der Waals surface area (Å²) in [6, 6.07) is 2.04. The van der Waals surface area contributed by atoms with E-state index in [1.807, 2.05) is 17.7 Å². The summed E-state index contributed by atoms with van der Waals surface area (Å²) in [6.07, 6.45) is 2.15. The summed E-state index contributed by atoms with van der Waals surface area (Å²) in [4.78, 5) is 29.2. The van der Waals surface area contributed by atoms with E-state index in [-0.39, 0.29) is 29.3 Å². The lowest BCUT2D eigenvalue weighted by atomic mass is 10.0. The Morgan fingerprint density at radius 1 is 1.39 bits per heavy atom. The zero-order chi connectivity index (χ0) is 20.6. The Labute approximate surface area is 166 Å². The Hall–Kier alpha value is -2.44. The molecule has 1 fully saturated rings. The van der Waals surface area contributed by atoms with Crippen molar-refractivity contribution >= 4 is 22.8 Å². The lowest BCUT2D eigenvalue weighted by Gasteiger charge is -2.20. The van der Waals surface area contributed by atoms with Crippen molar-refractivity contribution in [3.05, 3.63) is 23.0 Å². The molecule has 7 heteroatoms. The minimum Gasteiger partial charge on any atom is -0.353 e. The highest BCUT2D eigenvalue weighted by Gasteiger charge is 2.25. The van der Waals surface area contributed by atoms with Crippen LogP contribution >= 0.6 is 0 Å². The molecule has 0 radical (unpaired) electrons. The van der Waals surface area contributed by atoms with Gasteiger partial charge in [0.2, 0.25) is 5.91 Å². The fourth-order valence-corrected chi connectivity index (χ4v) is 3.60. The number of pyridine rings is 1. The van der Waals surface area contributed by atoms with Crippen molar-refractivity contribution in [2.75, 3.05) is 6.54 Å². The molecule has 3 rings (SSSR count). The molecule has 7 nitrogen and oxygen atoms in total. The fraction of sp³-hybridized carbons (Fsp3) is 0.619. The number of nitrogens with zero attached hydrogens (tertiary/aromatic N) is 3. The van der Waals surface area contributed by atoms with Gasteiger partial charge in [-0.3, -0.25) is 9.59 Å². The third-order valence-electron chi connectivity index (χ3n) is 5.17. The van der Waals surface area contributed by atoms with Crippen molar-refractivity contribution in [2.24, 2.45) is 0 Å². The predicted molar refractivity (Wildman–Crippen MR) is 109 cm³/mol. The van der Waals surface area contributed by atoms with Gasteiger partial charge in [-0.25, -0.2) is 9.67 Å². The van der Waals surface area contributed by atoms with Crippen LogP contribution in [0.25, 0.3) is 11.0 Å². The van der Waals surface area contributed by atoms with Crippen LogP contribution in [0.3, 0.4) is 0 Å². The molecular weight excluding hydrogens is 354 g/mol. The zero-order valence-electron chi connectivity index (χ0n) is 17.7. The smallest absolute Gasteiger partial charge is 0.252 e. The Morgan fingerprint density at radius 2 is 2.11 bits per heavy atom. The standard InChI is InChI=1S/C21H31N5O2/c1-12(2)16-11-15(20(28)22-10-9-14-7-8-17(27)23-14)18-13(3)25-26(19(18)24-16)21(4,5)6/h11-12,14H,7-10H2,1-6H3,(H,22,28)(H,23,27). The van der Waals surface area contributed by atoms with E-state index in [9.17, 15) is 9.59 Å². The second-order valence-electron chi connectivity index (χ2n) is 8.96. The lowest BCUT2D eigenvalue weighted by Crippen LogP contribution is -2.32. The van der Waals surface area contributed by atoms with Crippen molar-refractivity contribution in [1.82, 2.24) is 25.4 Å². The van der Waals surface area contributed by atoms with Crippen LogP contribution in [0, 0.1) is 6.92 Å². The van der Waals surface area contributed by atoms with Gasteiger partial charge in [-0.05, 0) is 52.5 Å². The first kappa shape index (κ1) is 20.3. The van der Waals surface area contributed by atoms with Gasteiger partial charge in [-0.2, -0.15) is 5.10 Å². The summed E-state index contributed by atoms with van der Waals surface area (Å²) >= 11 is 0. The molecule has 1 aliphatic rings. The Bertz CT molecular complexity index is 908. The lowest BCUT2D eigenvalue weighted by molar-refractivity contribution is -0.119. The summed E-state index contributed by atoms with van der Waals surface area (Å²) in [5.74, 6) is 0.183. The molecule has 1 atom stereocenters. The average Bonchev–Trinajstić information content (AvgIpc) is 3.17. The van der Waals surface area contributed by atoms with E-state index in [0.717, 1.165) is 35.3 Å². The van der Waals surface area contributed by atoms with Gasteiger partial charge >= 0.3 is 0 Å². The highest BCUT2D eigenvalue weighted by Crippen LogP contribution is 2.28. The molecule has 0 spiro atoms. The second-order valence-corrected chi connectivity index (χ2v) is 8.96. The molecule has 1 aliphatic heterocycles. The van der Waals surface area contributed by atoms with E-state index >= 15 is 0 Å². The molecule has 0 aliphatic carbocycles. The van der Waals surface area contributed by atoms with Crippen molar-refractivity contribution < 1.29 is 9.59 Å². The minimum atomic E-state index is -0.233. The molecule has 2 N–H and O–H groups in total. The summed E-state index contributed by atoms with van der Waals surface area (Å²) in [5, 5.41) is 11.4. The number of nitrogens with one attached hydrogen (secondary N) is 2. The molecule has 2 amide bonds. The highest BCUT2D eigenvalue weighted by atomic mass is 16.2. The molecular formula is C21H31N5O2. The number of aryl methyl sites for hydroxylation is 1. The van der Waals surface area contributed by atoms with Crippen LogP contribution in [-0.2, 0) is 10.3 Å². The molecule has 1 unspecified atom stereocenters. The van der Waals surface area contributed by atoms with Crippen LogP contribution in [0.15, 0.2) is 6.07 Å². The van der Waals surface area contributed by atoms with E-state index in [0.29, 0.717) is 18.5 Å². The van der Waals surface area contributed by atoms with E-state index in [2.05, 4.69) is 50.4 Å². The van der Waals surface area contributed by atoms with Crippen LogP contribution in [-0.4, -0.2) is 39.2 Å². The Balaban J connectivity index is 1.91. The second kappa shape index (κ2) is 7.53. The van der Waals surface area contributed by atoms with Crippen LogP contribution in [0.1, 0.15) is 81.5 Å². The molecule has 152 valence electrons. The molecule has 0 aromatic carbocycles. The van der Waals surface area contributed by atoms with E-state index < -0.39 is 0 Å². The molecule has 3 heterocycles. The average molecular weight is 386 g/mol. The topological polar surface area (TPSA) is 88.9 Å². The van der Waals surface area contributed by atoms with Crippen molar-refractivity contribution in [3.8, 4) is 0 Å². The number of hydrogen-bond acceptors (Lipinski definition) is 4. The van der Waals surface area contributed by atoms with Gasteiger partial charge in [-0.15, -0.1) is 0 Å². The van der Waals surface area contributed by atoms with Gasteiger partial charge in [0.1, 0.15) is 0 Å². The molecule has 0 saturated carbocycles. The molecule has 0 bridgehead atoms. The highest BCUT2D eigenvalue weighted by molar-refractivity contribution is 6.06. The monoisotopic (exact) mass is 385 g/mol. The molecule has 1 saturated heterocycles. The largest absolute Gasteiger partial charge is 0.353 e. The summed E-state index contributed by atoms with van der Waals surface area (Å²) < 4.78 is 1.91. The van der Waals surface area contributed by atoms with Gasteiger partial charge in [-0.1, -0.05) is 13.8 Å².